The molecule has 1 N–H and O–H groups in total. The average molecular weight is 373 g/mol. The van der Waals surface area contributed by atoms with Crippen molar-refractivity contribution in [2.24, 2.45) is 0 Å². The van der Waals surface area contributed by atoms with Crippen molar-refractivity contribution in [2.45, 2.75) is 33.8 Å². The molecule has 0 spiro atoms. The minimum atomic E-state index is -1.05. The van der Waals surface area contributed by atoms with Crippen LogP contribution in [0.1, 0.15) is 56.3 Å². The van der Waals surface area contributed by atoms with Crippen molar-refractivity contribution in [2.75, 3.05) is 13.7 Å². The first-order valence-corrected chi connectivity index (χ1v) is 8.56. The number of ether oxygens (including phenoxy) is 3. The van der Waals surface area contributed by atoms with E-state index < -0.39 is 23.8 Å². The van der Waals surface area contributed by atoms with Crippen molar-refractivity contribution < 1.29 is 28.6 Å². The predicted octanol–water partition coefficient (Wildman–Crippen LogP) is 3.25. The summed E-state index contributed by atoms with van der Waals surface area (Å²) in [5.74, 6) is -1.24. The lowest BCUT2D eigenvalue weighted by molar-refractivity contribution is 0.0313. The lowest BCUT2D eigenvalue weighted by Gasteiger charge is -2.13. The number of aryl methyl sites for hydroxylation is 1. The van der Waals surface area contributed by atoms with Crippen molar-refractivity contribution in [1.29, 1.82) is 0 Å². The van der Waals surface area contributed by atoms with Crippen LogP contribution < -0.4 is 4.74 Å². The molecular formula is C20H23NO6. The average Bonchev–Trinajstić information content (AvgIpc) is 2.95. The van der Waals surface area contributed by atoms with Crippen LogP contribution in [0.4, 0.5) is 0 Å². The van der Waals surface area contributed by atoms with Gasteiger partial charge in [0.2, 0.25) is 5.78 Å². The number of aromatic nitrogens is 1. The molecule has 0 aliphatic heterocycles. The summed E-state index contributed by atoms with van der Waals surface area (Å²) < 4.78 is 15.5. The Kier molecular flexibility index (Phi) is 6.39. The number of hydrogen-bond donors (Lipinski definition) is 1. The highest BCUT2D eigenvalue weighted by atomic mass is 16.5. The Balaban J connectivity index is 2.22. The largest absolute Gasteiger partial charge is 0.496 e. The molecule has 0 bridgehead atoms. The van der Waals surface area contributed by atoms with Gasteiger partial charge in [0.25, 0.3) is 0 Å². The Morgan fingerprint density at radius 3 is 2.41 bits per heavy atom. The molecule has 144 valence electrons. The molecule has 7 nitrogen and oxygen atoms in total. The minimum absolute atomic E-state index is 0.218. The number of esters is 2. The second kappa shape index (κ2) is 8.53. The van der Waals surface area contributed by atoms with Crippen molar-refractivity contribution in [3.05, 3.63) is 52.3 Å². The number of Topliss-reactive ketones (excluding diaryl/α,β-unsaturated/α-hetero) is 1. The SMILES string of the molecule is CCOC(=O)c1c(C)[nH]c(C(=O)C(C)OC(=O)c2ccccc2OC)c1C. The van der Waals surface area contributed by atoms with Crippen LogP contribution in [0.15, 0.2) is 24.3 Å². The Morgan fingerprint density at radius 1 is 1.11 bits per heavy atom. The van der Waals surface area contributed by atoms with E-state index in [4.69, 9.17) is 14.2 Å². The van der Waals surface area contributed by atoms with Gasteiger partial charge in [0.05, 0.1) is 25.0 Å². The summed E-state index contributed by atoms with van der Waals surface area (Å²) in [5, 5.41) is 0. The van der Waals surface area contributed by atoms with Gasteiger partial charge in [-0.2, -0.15) is 0 Å². The molecule has 1 aromatic carbocycles. The highest BCUT2D eigenvalue weighted by Crippen LogP contribution is 2.23. The molecule has 0 radical (unpaired) electrons. The van der Waals surface area contributed by atoms with E-state index in [1.807, 2.05) is 0 Å². The van der Waals surface area contributed by atoms with Crippen LogP contribution in [-0.2, 0) is 9.47 Å². The Hall–Kier alpha value is -3.09. The molecule has 7 heteroatoms. The van der Waals surface area contributed by atoms with Crippen LogP contribution in [0.5, 0.6) is 5.75 Å². The molecule has 0 saturated carbocycles. The number of carbonyl (C=O) groups is 3. The maximum Gasteiger partial charge on any atom is 0.342 e. The molecule has 1 aromatic heterocycles. The van der Waals surface area contributed by atoms with Gasteiger partial charge in [-0.05, 0) is 45.4 Å². The van der Waals surface area contributed by atoms with E-state index in [-0.39, 0.29) is 17.9 Å². The summed E-state index contributed by atoms with van der Waals surface area (Å²) in [4.78, 5) is 40.1. The van der Waals surface area contributed by atoms with Crippen LogP contribution >= 0.6 is 0 Å². The zero-order valence-electron chi connectivity index (χ0n) is 16.0. The summed E-state index contributed by atoms with van der Waals surface area (Å²) in [5.41, 5.74) is 1.76. The van der Waals surface area contributed by atoms with E-state index in [0.29, 0.717) is 22.6 Å². The number of hydrogen-bond acceptors (Lipinski definition) is 6. The van der Waals surface area contributed by atoms with Crippen LogP contribution in [0, 0.1) is 13.8 Å². The molecule has 1 atom stereocenters. The number of aromatic amines is 1. The zero-order chi connectivity index (χ0) is 20.1. The standard InChI is InChI=1S/C20H23NO6/c1-6-26-20(24)16-11(2)17(21-12(16)3)18(22)13(4)27-19(23)14-9-7-8-10-15(14)25-5/h7-10,13,21H,6H2,1-5H3. The van der Waals surface area contributed by atoms with Crippen LogP contribution in [0.3, 0.4) is 0 Å². The van der Waals surface area contributed by atoms with E-state index in [0.717, 1.165) is 0 Å². The highest BCUT2D eigenvalue weighted by molar-refractivity contribution is 6.04. The van der Waals surface area contributed by atoms with Gasteiger partial charge in [0, 0.05) is 5.69 Å². The number of benzene rings is 1. The second-order valence-electron chi connectivity index (χ2n) is 5.96. The van der Waals surface area contributed by atoms with Gasteiger partial charge in [0.1, 0.15) is 11.3 Å². The molecule has 0 saturated heterocycles. The molecular weight excluding hydrogens is 350 g/mol. The smallest absolute Gasteiger partial charge is 0.342 e. The summed E-state index contributed by atoms with van der Waals surface area (Å²) >= 11 is 0. The second-order valence-corrected chi connectivity index (χ2v) is 5.96. The van der Waals surface area contributed by atoms with Crippen molar-refractivity contribution in [3.63, 3.8) is 0 Å². The number of methoxy groups -OCH3 is 1. The topological polar surface area (TPSA) is 94.7 Å². The van der Waals surface area contributed by atoms with Gasteiger partial charge >= 0.3 is 11.9 Å². The lowest BCUT2D eigenvalue weighted by Crippen LogP contribution is -2.25. The first kappa shape index (κ1) is 20.2. The molecule has 1 unspecified atom stereocenters. The number of ketones is 1. The number of carbonyl (C=O) groups excluding carboxylic acids is 3. The Morgan fingerprint density at radius 2 is 1.78 bits per heavy atom. The van der Waals surface area contributed by atoms with Gasteiger partial charge in [-0.25, -0.2) is 9.59 Å². The van der Waals surface area contributed by atoms with Crippen molar-refractivity contribution >= 4 is 17.7 Å². The quantitative estimate of drug-likeness (QED) is 0.591. The van der Waals surface area contributed by atoms with Gasteiger partial charge in [-0.3, -0.25) is 4.79 Å². The molecule has 0 fully saturated rings. The fourth-order valence-corrected chi connectivity index (χ4v) is 2.80. The predicted molar refractivity (Wildman–Crippen MR) is 98.4 cm³/mol. The number of rotatable bonds is 7. The molecule has 27 heavy (non-hydrogen) atoms. The number of H-pyrrole nitrogens is 1. The van der Waals surface area contributed by atoms with Gasteiger partial charge in [0.15, 0.2) is 6.10 Å². The normalized spacial score (nSPS) is 11.6. The fourth-order valence-electron chi connectivity index (χ4n) is 2.80. The van der Waals surface area contributed by atoms with Crippen LogP contribution in [0.2, 0.25) is 0 Å². The van der Waals surface area contributed by atoms with Gasteiger partial charge in [-0.15, -0.1) is 0 Å². The molecule has 2 rings (SSSR count). The first-order chi connectivity index (χ1) is 12.8. The van der Waals surface area contributed by atoms with Crippen molar-refractivity contribution in [3.8, 4) is 5.75 Å². The molecule has 0 aliphatic carbocycles. The van der Waals surface area contributed by atoms with E-state index in [1.165, 1.54) is 14.0 Å². The van der Waals surface area contributed by atoms with Crippen LogP contribution in [-0.4, -0.2) is 42.5 Å². The molecule has 0 amide bonds. The maximum absolute atomic E-state index is 12.7. The third-order valence-corrected chi connectivity index (χ3v) is 4.14. The van der Waals surface area contributed by atoms with E-state index in [1.54, 1.807) is 45.0 Å². The summed E-state index contributed by atoms with van der Waals surface area (Å²) in [6.45, 7) is 6.76. The third kappa shape index (κ3) is 4.19. The molecule has 1 heterocycles. The van der Waals surface area contributed by atoms with E-state index >= 15 is 0 Å². The maximum atomic E-state index is 12.7. The van der Waals surface area contributed by atoms with E-state index in [2.05, 4.69) is 4.98 Å². The Bertz CT molecular complexity index is 867. The monoisotopic (exact) mass is 373 g/mol. The summed E-state index contributed by atoms with van der Waals surface area (Å²) in [7, 11) is 1.45. The van der Waals surface area contributed by atoms with Crippen LogP contribution in [0.25, 0.3) is 0 Å². The fraction of sp³-hybridized carbons (Fsp3) is 0.350. The van der Waals surface area contributed by atoms with Crippen molar-refractivity contribution in [1.82, 2.24) is 4.98 Å². The molecule has 0 aliphatic rings. The zero-order valence-corrected chi connectivity index (χ0v) is 16.0. The summed E-state index contributed by atoms with van der Waals surface area (Å²) in [6.07, 6.45) is -1.05. The highest BCUT2D eigenvalue weighted by Gasteiger charge is 2.28. The first-order valence-electron chi connectivity index (χ1n) is 8.56. The Labute approximate surface area is 157 Å². The minimum Gasteiger partial charge on any atom is -0.496 e. The van der Waals surface area contributed by atoms with E-state index in [9.17, 15) is 14.4 Å². The summed E-state index contributed by atoms with van der Waals surface area (Å²) in [6, 6.07) is 6.59. The third-order valence-electron chi connectivity index (χ3n) is 4.14. The number of para-hydroxylation sites is 1. The van der Waals surface area contributed by atoms with Gasteiger partial charge in [-0.1, -0.05) is 12.1 Å². The van der Waals surface area contributed by atoms with Gasteiger partial charge < -0.3 is 19.2 Å². The molecule has 2 aromatic rings. The lowest BCUT2D eigenvalue weighted by atomic mass is 10.1. The number of nitrogens with one attached hydrogen (secondary N) is 1.